The molecule has 0 aliphatic carbocycles. The molecule has 2 aromatic rings. The lowest BCUT2D eigenvalue weighted by Gasteiger charge is -2.22. The Hall–Kier alpha value is -1.36. The molecule has 0 amide bonds. The second kappa shape index (κ2) is 7.59. The van der Waals surface area contributed by atoms with Gasteiger partial charge in [-0.2, -0.15) is 0 Å². The molecule has 2 rings (SSSR count). The molecule has 2 unspecified atom stereocenters. The van der Waals surface area contributed by atoms with E-state index in [1.54, 1.807) is 7.11 Å². The van der Waals surface area contributed by atoms with Gasteiger partial charge < -0.3 is 15.2 Å². The van der Waals surface area contributed by atoms with Crippen LogP contribution in [0.3, 0.4) is 0 Å². The van der Waals surface area contributed by atoms with E-state index < -0.39 is 0 Å². The van der Waals surface area contributed by atoms with Crippen molar-refractivity contribution in [3.05, 3.63) is 64.1 Å². The molecule has 0 saturated heterocycles. The molecule has 4 heteroatoms. The van der Waals surface area contributed by atoms with E-state index >= 15 is 0 Å². The number of benzene rings is 2. The van der Waals surface area contributed by atoms with E-state index in [1.165, 1.54) is 0 Å². The molecule has 0 heterocycles. The van der Waals surface area contributed by atoms with Gasteiger partial charge in [0.15, 0.2) is 0 Å². The Morgan fingerprint density at radius 3 is 2.43 bits per heavy atom. The van der Waals surface area contributed by atoms with Gasteiger partial charge in [0.25, 0.3) is 0 Å². The summed E-state index contributed by atoms with van der Waals surface area (Å²) in [5.74, 6) is 0.842. The average molecular weight is 350 g/mol. The van der Waals surface area contributed by atoms with Crippen molar-refractivity contribution < 1.29 is 9.47 Å². The summed E-state index contributed by atoms with van der Waals surface area (Å²) in [5.41, 5.74) is 8.24. The molecule has 2 N–H and O–H groups in total. The Labute approximate surface area is 134 Å². The van der Waals surface area contributed by atoms with Crippen LogP contribution in [-0.2, 0) is 11.3 Å². The third-order valence-corrected chi connectivity index (χ3v) is 3.74. The number of rotatable bonds is 6. The van der Waals surface area contributed by atoms with Gasteiger partial charge in [-0.25, -0.2) is 0 Å². The summed E-state index contributed by atoms with van der Waals surface area (Å²) in [6.45, 7) is 2.47. The first-order valence-electron chi connectivity index (χ1n) is 6.85. The molecular formula is C17H20BrNO2. The van der Waals surface area contributed by atoms with Gasteiger partial charge in [0.05, 0.1) is 19.8 Å². The standard InChI is InChI=1S/C17H20BrNO2/c1-12(19)17(14-4-3-5-15(18)10-14)21-11-13-6-8-16(20-2)9-7-13/h3-10,12,17H,11,19H2,1-2H3. The van der Waals surface area contributed by atoms with Crippen LogP contribution in [0.4, 0.5) is 0 Å². The van der Waals surface area contributed by atoms with Crippen LogP contribution in [-0.4, -0.2) is 13.2 Å². The second-order valence-corrected chi connectivity index (χ2v) is 5.91. The fraction of sp³-hybridized carbons (Fsp3) is 0.294. The molecule has 2 atom stereocenters. The monoisotopic (exact) mass is 349 g/mol. The summed E-state index contributed by atoms with van der Waals surface area (Å²) < 4.78 is 12.2. The molecule has 112 valence electrons. The third kappa shape index (κ3) is 4.56. The van der Waals surface area contributed by atoms with Crippen molar-refractivity contribution in [2.24, 2.45) is 5.73 Å². The fourth-order valence-corrected chi connectivity index (χ4v) is 2.56. The SMILES string of the molecule is COc1ccc(COC(c2cccc(Br)c2)C(C)N)cc1. The summed E-state index contributed by atoms with van der Waals surface area (Å²) in [6.07, 6.45) is -0.135. The van der Waals surface area contributed by atoms with Crippen LogP contribution in [0.1, 0.15) is 24.2 Å². The highest BCUT2D eigenvalue weighted by Gasteiger charge is 2.17. The zero-order chi connectivity index (χ0) is 15.2. The lowest BCUT2D eigenvalue weighted by Crippen LogP contribution is -2.27. The molecule has 21 heavy (non-hydrogen) atoms. The fourth-order valence-electron chi connectivity index (χ4n) is 2.14. The molecule has 0 fully saturated rings. The van der Waals surface area contributed by atoms with E-state index in [0.29, 0.717) is 6.61 Å². The lowest BCUT2D eigenvalue weighted by atomic mass is 10.0. The summed E-state index contributed by atoms with van der Waals surface area (Å²) in [4.78, 5) is 0. The van der Waals surface area contributed by atoms with Crippen molar-refractivity contribution in [3.8, 4) is 5.75 Å². The van der Waals surface area contributed by atoms with Gasteiger partial charge in [-0.05, 0) is 42.3 Å². The predicted molar refractivity (Wildman–Crippen MR) is 88.3 cm³/mol. The number of methoxy groups -OCH3 is 1. The zero-order valence-corrected chi connectivity index (χ0v) is 13.8. The van der Waals surface area contributed by atoms with E-state index in [1.807, 2.05) is 55.5 Å². The van der Waals surface area contributed by atoms with Crippen LogP contribution in [0, 0.1) is 0 Å². The number of ether oxygens (including phenoxy) is 2. The van der Waals surface area contributed by atoms with E-state index in [0.717, 1.165) is 21.3 Å². The van der Waals surface area contributed by atoms with Crippen LogP contribution in [0.2, 0.25) is 0 Å². The zero-order valence-electron chi connectivity index (χ0n) is 12.3. The van der Waals surface area contributed by atoms with E-state index in [4.69, 9.17) is 15.2 Å². The molecule has 0 aliphatic rings. The van der Waals surface area contributed by atoms with Gasteiger partial charge in [0, 0.05) is 10.5 Å². The first kappa shape index (κ1) is 16.0. The predicted octanol–water partition coefficient (Wildman–Crippen LogP) is 4.06. The molecular weight excluding hydrogens is 330 g/mol. The summed E-state index contributed by atoms with van der Waals surface area (Å²) in [7, 11) is 1.66. The second-order valence-electron chi connectivity index (χ2n) is 4.99. The average Bonchev–Trinajstić information content (AvgIpc) is 2.48. The molecule has 0 radical (unpaired) electrons. The Morgan fingerprint density at radius 2 is 1.86 bits per heavy atom. The normalized spacial score (nSPS) is 13.7. The van der Waals surface area contributed by atoms with Crippen LogP contribution in [0.25, 0.3) is 0 Å². The van der Waals surface area contributed by atoms with Crippen LogP contribution >= 0.6 is 15.9 Å². The Balaban J connectivity index is 2.06. The highest BCUT2D eigenvalue weighted by atomic mass is 79.9. The maximum Gasteiger partial charge on any atom is 0.118 e. The number of nitrogens with two attached hydrogens (primary N) is 1. The van der Waals surface area contributed by atoms with Crippen LogP contribution in [0.5, 0.6) is 5.75 Å². The van der Waals surface area contributed by atoms with Crippen molar-refractivity contribution in [2.75, 3.05) is 7.11 Å². The van der Waals surface area contributed by atoms with E-state index in [2.05, 4.69) is 15.9 Å². The largest absolute Gasteiger partial charge is 0.497 e. The molecule has 3 nitrogen and oxygen atoms in total. The minimum Gasteiger partial charge on any atom is -0.497 e. The Bertz CT molecular complexity index is 569. The summed E-state index contributed by atoms with van der Waals surface area (Å²) >= 11 is 3.48. The number of halogens is 1. The summed E-state index contributed by atoms with van der Waals surface area (Å²) in [5, 5.41) is 0. The molecule has 0 spiro atoms. The van der Waals surface area contributed by atoms with Crippen molar-refractivity contribution >= 4 is 15.9 Å². The van der Waals surface area contributed by atoms with Crippen molar-refractivity contribution in [1.29, 1.82) is 0 Å². The molecule has 0 aromatic heterocycles. The van der Waals surface area contributed by atoms with E-state index in [9.17, 15) is 0 Å². The van der Waals surface area contributed by atoms with Crippen molar-refractivity contribution in [3.63, 3.8) is 0 Å². The van der Waals surface area contributed by atoms with Gasteiger partial charge >= 0.3 is 0 Å². The van der Waals surface area contributed by atoms with Gasteiger partial charge in [-0.15, -0.1) is 0 Å². The van der Waals surface area contributed by atoms with Gasteiger partial charge in [0.2, 0.25) is 0 Å². The maximum absolute atomic E-state index is 6.07. The third-order valence-electron chi connectivity index (χ3n) is 3.24. The van der Waals surface area contributed by atoms with Gasteiger partial charge in [-0.3, -0.25) is 0 Å². The number of hydrogen-bond donors (Lipinski definition) is 1. The lowest BCUT2D eigenvalue weighted by molar-refractivity contribution is 0.0258. The van der Waals surface area contributed by atoms with Gasteiger partial charge in [0.1, 0.15) is 5.75 Å². The van der Waals surface area contributed by atoms with E-state index in [-0.39, 0.29) is 12.1 Å². The summed E-state index contributed by atoms with van der Waals surface area (Å²) in [6, 6.07) is 15.8. The Kier molecular flexibility index (Phi) is 5.79. The van der Waals surface area contributed by atoms with Crippen LogP contribution < -0.4 is 10.5 Å². The minimum atomic E-state index is -0.135. The van der Waals surface area contributed by atoms with Crippen LogP contribution in [0.15, 0.2) is 53.0 Å². The topological polar surface area (TPSA) is 44.5 Å². The first-order valence-corrected chi connectivity index (χ1v) is 7.65. The minimum absolute atomic E-state index is 0.0856. The first-order chi connectivity index (χ1) is 10.1. The van der Waals surface area contributed by atoms with Gasteiger partial charge in [-0.1, -0.05) is 40.2 Å². The van der Waals surface area contributed by atoms with Crippen molar-refractivity contribution in [2.45, 2.75) is 25.7 Å². The molecule has 0 saturated carbocycles. The Morgan fingerprint density at radius 1 is 1.14 bits per heavy atom. The molecule has 0 bridgehead atoms. The maximum atomic E-state index is 6.07. The number of hydrogen-bond acceptors (Lipinski definition) is 3. The quantitative estimate of drug-likeness (QED) is 0.854. The van der Waals surface area contributed by atoms with Crippen molar-refractivity contribution in [1.82, 2.24) is 0 Å². The highest BCUT2D eigenvalue weighted by Crippen LogP contribution is 2.25. The molecule has 0 aliphatic heterocycles. The molecule has 2 aromatic carbocycles. The highest BCUT2D eigenvalue weighted by molar-refractivity contribution is 9.10. The smallest absolute Gasteiger partial charge is 0.118 e.